The highest BCUT2D eigenvalue weighted by atomic mass is 15.2. The monoisotopic (exact) mass is 162 g/mol. The lowest BCUT2D eigenvalue weighted by molar-refractivity contribution is 0.982. The van der Waals surface area contributed by atoms with Crippen molar-refractivity contribution in [3.8, 4) is 0 Å². The highest BCUT2D eigenvalue weighted by Crippen LogP contribution is 2.08. The molecule has 1 aliphatic heterocycles. The van der Waals surface area contributed by atoms with E-state index >= 15 is 0 Å². The second-order valence-corrected chi connectivity index (χ2v) is 2.73. The van der Waals surface area contributed by atoms with Crippen LogP contribution in [0.1, 0.15) is 5.69 Å². The fourth-order valence-corrected chi connectivity index (χ4v) is 1.09. The fourth-order valence-electron chi connectivity index (χ4n) is 1.09. The summed E-state index contributed by atoms with van der Waals surface area (Å²) < 4.78 is 0. The van der Waals surface area contributed by atoms with Crippen molar-refractivity contribution in [3.05, 3.63) is 18.1 Å². The van der Waals surface area contributed by atoms with Gasteiger partial charge in [0.2, 0.25) is 0 Å². The van der Waals surface area contributed by atoms with Crippen LogP contribution in [0.15, 0.2) is 17.4 Å². The first kappa shape index (κ1) is 7.21. The average molecular weight is 162 g/mol. The summed E-state index contributed by atoms with van der Waals surface area (Å²) in [4.78, 5) is 14.5. The van der Waals surface area contributed by atoms with Crippen molar-refractivity contribution >= 4 is 12.2 Å². The molecule has 1 aromatic heterocycles. The molecule has 0 aliphatic carbocycles. The van der Waals surface area contributed by atoms with Crippen LogP contribution in [-0.4, -0.2) is 29.4 Å². The zero-order valence-electron chi connectivity index (χ0n) is 6.94. The zero-order valence-corrected chi connectivity index (χ0v) is 6.94. The standard InChI is InChI=1S/C8H10N4/c1-7-4-11-8(5-10-7)12-3-2-9-6-12/h4-6H,2-3H2,1H3. The minimum absolute atomic E-state index is 0.857. The molecular formula is C8H10N4. The molecule has 1 aromatic rings. The molecule has 2 rings (SSSR count). The van der Waals surface area contributed by atoms with Gasteiger partial charge in [0.25, 0.3) is 0 Å². The van der Waals surface area contributed by atoms with Crippen molar-refractivity contribution in [3.63, 3.8) is 0 Å². The van der Waals surface area contributed by atoms with Crippen LogP contribution in [0.3, 0.4) is 0 Å². The molecule has 4 nitrogen and oxygen atoms in total. The van der Waals surface area contributed by atoms with Crippen LogP contribution in [0.4, 0.5) is 5.82 Å². The average Bonchev–Trinajstić information content (AvgIpc) is 2.58. The molecule has 0 aromatic carbocycles. The van der Waals surface area contributed by atoms with Gasteiger partial charge in [0.05, 0.1) is 31.0 Å². The first-order chi connectivity index (χ1) is 5.86. The predicted octanol–water partition coefficient (Wildman–Crippen LogP) is 0.633. The van der Waals surface area contributed by atoms with Gasteiger partial charge in [0, 0.05) is 6.54 Å². The quantitative estimate of drug-likeness (QED) is 0.608. The lowest BCUT2D eigenvalue weighted by Gasteiger charge is -2.11. The summed E-state index contributed by atoms with van der Waals surface area (Å²) in [5.74, 6) is 0.877. The first-order valence-corrected chi connectivity index (χ1v) is 3.91. The normalized spacial score (nSPS) is 15.6. The number of hydrogen-bond acceptors (Lipinski definition) is 4. The number of nitrogens with zero attached hydrogens (tertiary/aromatic N) is 4. The van der Waals surface area contributed by atoms with Gasteiger partial charge in [0.15, 0.2) is 5.82 Å². The van der Waals surface area contributed by atoms with E-state index in [2.05, 4.69) is 15.0 Å². The van der Waals surface area contributed by atoms with Gasteiger partial charge in [-0.2, -0.15) is 0 Å². The molecule has 0 fully saturated rings. The maximum atomic E-state index is 4.23. The first-order valence-electron chi connectivity index (χ1n) is 3.91. The highest BCUT2D eigenvalue weighted by Gasteiger charge is 2.08. The van der Waals surface area contributed by atoms with Gasteiger partial charge in [0.1, 0.15) is 0 Å². The van der Waals surface area contributed by atoms with Crippen LogP contribution < -0.4 is 4.90 Å². The number of anilines is 1. The van der Waals surface area contributed by atoms with E-state index in [4.69, 9.17) is 0 Å². The minimum atomic E-state index is 0.857. The largest absolute Gasteiger partial charge is 0.314 e. The van der Waals surface area contributed by atoms with E-state index in [0.717, 1.165) is 24.6 Å². The molecule has 0 bridgehead atoms. The second kappa shape index (κ2) is 2.89. The third-order valence-corrected chi connectivity index (χ3v) is 1.75. The van der Waals surface area contributed by atoms with Gasteiger partial charge in [-0.1, -0.05) is 0 Å². The maximum absolute atomic E-state index is 4.23. The van der Waals surface area contributed by atoms with Gasteiger partial charge in [-0.3, -0.25) is 9.98 Å². The number of hydrogen-bond donors (Lipinski definition) is 0. The molecule has 0 saturated carbocycles. The molecule has 0 N–H and O–H groups in total. The van der Waals surface area contributed by atoms with Crippen LogP contribution >= 0.6 is 0 Å². The Morgan fingerprint density at radius 3 is 2.83 bits per heavy atom. The van der Waals surface area contributed by atoms with E-state index in [1.165, 1.54) is 0 Å². The Labute approximate surface area is 71.0 Å². The van der Waals surface area contributed by atoms with Crippen LogP contribution in [-0.2, 0) is 0 Å². The zero-order chi connectivity index (χ0) is 8.39. The number of aliphatic imine (C=N–C) groups is 1. The van der Waals surface area contributed by atoms with Crippen LogP contribution in [0, 0.1) is 6.92 Å². The molecule has 1 aliphatic rings. The van der Waals surface area contributed by atoms with Crippen molar-refractivity contribution in [2.24, 2.45) is 4.99 Å². The highest BCUT2D eigenvalue weighted by molar-refractivity contribution is 5.78. The summed E-state index contributed by atoms with van der Waals surface area (Å²) in [6, 6.07) is 0. The van der Waals surface area contributed by atoms with E-state index in [1.807, 2.05) is 11.8 Å². The number of aryl methyl sites for hydroxylation is 1. The summed E-state index contributed by atoms with van der Waals surface area (Å²) in [5.41, 5.74) is 0.940. The van der Waals surface area contributed by atoms with Crippen molar-refractivity contribution < 1.29 is 0 Å². The minimum Gasteiger partial charge on any atom is -0.314 e. The van der Waals surface area contributed by atoms with Gasteiger partial charge in [-0.05, 0) is 6.92 Å². The molecule has 0 saturated heterocycles. The Morgan fingerprint density at radius 1 is 1.33 bits per heavy atom. The molecular weight excluding hydrogens is 152 g/mol. The van der Waals surface area contributed by atoms with Crippen LogP contribution in [0.25, 0.3) is 0 Å². The van der Waals surface area contributed by atoms with Crippen molar-refractivity contribution in [2.75, 3.05) is 18.0 Å². The molecule has 0 spiro atoms. The summed E-state index contributed by atoms with van der Waals surface area (Å²) >= 11 is 0. The smallest absolute Gasteiger partial charge is 0.152 e. The Kier molecular flexibility index (Phi) is 1.74. The Hall–Kier alpha value is -1.45. The SMILES string of the molecule is Cc1cnc(N2C=NCC2)cn1. The van der Waals surface area contributed by atoms with Crippen LogP contribution in [0.5, 0.6) is 0 Å². The predicted molar refractivity (Wildman–Crippen MR) is 47.5 cm³/mol. The number of rotatable bonds is 1. The Balaban J connectivity index is 2.23. The summed E-state index contributed by atoms with van der Waals surface area (Å²) in [7, 11) is 0. The Bertz CT molecular complexity index is 290. The molecule has 2 heterocycles. The Morgan fingerprint density at radius 2 is 2.25 bits per heavy atom. The summed E-state index contributed by atoms with van der Waals surface area (Å²) in [5, 5.41) is 0. The van der Waals surface area contributed by atoms with E-state index in [-0.39, 0.29) is 0 Å². The molecule has 62 valence electrons. The fraction of sp³-hybridized carbons (Fsp3) is 0.375. The molecule has 4 heteroatoms. The lowest BCUT2D eigenvalue weighted by atomic mass is 10.5. The summed E-state index contributed by atoms with van der Waals surface area (Å²) in [6.07, 6.45) is 5.34. The van der Waals surface area contributed by atoms with Crippen molar-refractivity contribution in [1.82, 2.24) is 9.97 Å². The van der Waals surface area contributed by atoms with E-state index in [9.17, 15) is 0 Å². The van der Waals surface area contributed by atoms with E-state index < -0.39 is 0 Å². The van der Waals surface area contributed by atoms with E-state index in [1.54, 1.807) is 18.7 Å². The third-order valence-electron chi connectivity index (χ3n) is 1.75. The van der Waals surface area contributed by atoms with Gasteiger partial charge in [-0.15, -0.1) is 0 Å². The maximum Gasteiger partial charge on any atom is 0.152 e. The van der Waals surface area contributed by atoms with E-state index in [0.29, 0.717) is 0 Å². The third kappa shape index (κ3) is 1.28. The van der Waals surface area contributed by atoms with Crippen molar-refractivity contribution in [1.29, 1.82) is 0 Å². The van der Waals surface area contributed by atoms with Gasteiger partial charge < -0.3 is 4.90 Å². The molecule has 12 heavy (non-hydrogen) atoms. The molecule has 0 unspecified atom stereocenters. The summed E-state index contributed by atoms with van der Waals surface area (Å²) in [6.45, 7) is 3.70. The molecule has 0 atom stereocenters. The lowest BCUT2D eigenvalue weighted by Crippen LogP contribution is -2.19. The van der Waals surface area contributed by atoms with Gasteiger partial charge >= 0.3 is 0 Å². The second-order valence-electron chi connectivity index (χ2n) is 2.73. The van der Waals surface area contributed by atoms with Crippen LogP contribution in [0.2, 0.25) is 0 Å². The topological polar surface area (TPSA) is 41.4 Å². The van der Waals surface area contributed by atoms with Gasteiger partial charge in [-0.25, -0.2) is 4.98 Å². The number of aromatic nitrogens is 2. The molecule has 0 amide bonds. The van der Waals surface area contributed by atoms with Crippen molar-refractivity contribution in [2.45, 2.75) is 6.92 Å². The molecule has 0 radical (unpaired) electrons.